The molecule has 0 bridgehead atoms. The van der Waals surface area contributed by atoms with Crippen LogP contribution in [0.3, 0.4) is 0 Å². The minimum atomic E-state index is 0.398. The maximum absolute atomic E-state index is 9.03. The number of aliphatic hydroxyl groups is 1. The summed E-state index contributed by atoms with van der Waals surface area (Å²) in [5.41, 5.74) is 0. The molecule has 0 aromatic rings. The molecule has 1 N–H and O–H groups in total. The third-order valence-electron chi connectivity index (χ3n) is 3.46. The predicted octanol–water partition coefficient (Wildman–Crippen LogP) is 2.69. The molecule has 1 saturated carbocycles. The van der Waals surface area contributed by atoms with Gasteiger partial charge in [0.25, 0.3) is 0 Å². The lowest BCUT2D eigenvalue weighted by Crippen LogP contribution is -2.27. The van der Waals surface area contributed by atoms with Crippen LogP contribution >= 0.6 is 0 Å². The van der Waals surface area contributed by atoms with Gasteiger partial charge in [-0.15, -0.1) is 0 Å². The molecule has 1 heteroatoms. The summed E-state index contributed by atoms with van der Waals surface area (Å²) >= 11 is 0. The van der Waals surface area contributed by atoms with Crippen LogP contribution in [0.1, 0.15) is 40.0 Å². The van der Waals surface area contributed by atoms with E-state index in [0.717, 1.165) is 17.8 Å². The van der Waals surface area contributed by atoms with E-state index in [1.165, 1.54) is 19.3 Å². The van der Waals surface area contributed by atoms with Crippen LogP contribution in [-0.2, 0) is 0 Å². The van der Waals surface area contributed by atoms with E-state index in [-0.39, 0.29) is 0 Å². The summed E-state index contributed by atoms with van der Waals surface area (Å²) in [6, 6.07) is 0. The van der Waals surface area contributed by atoms with Gasteiger partial charge < -0.3 is 5.11 Å². The van der Waals surface area contributed by atoms with Crippen LogP contribution in [0.2, 0.25) is 0 Å². The summed E-state index contributed by atoms with van der Waals surface area (Å²) < 4.78 is 0. The maximum Gasteiger partial charge on any atom is 0.0459 e. The Morgan fingerprint density at radius 1 is 1.33 bits per heavy atom. The van der Waals surface area contributed by atoms with Crippen molar-refractivity contribution in [2.75, 3.05) is 6.61 Å². The van der Waals surface area contributed by atoms with Crippen LogP contribution in [-0.4, -0.2) is 11.7 Å². The van der Waals surface area contributed by atoms with Crippen LogP contribution in [0.4, 0.5) is 0 Å². The van der Waals surface area contributed by atoms with E-state index in [9.17, 15) is 0 Å². The monoisotopic (exact) mass is 170 g/mol. The zero-order valence-electron chi connectivity index (χ0n) is 8.59. The van der Waals surface area contributed by atoms with Gasteiger partial charge in [0.05, 0.1) is 0 Å². The molecule has 12 heavy (non-hydrogen) atoms. The minimum Gasteiger partial charge on any atom is -0.396 e. The van der Waals surface area contributed by atoms with Gasteiger partial charge in [-0.1, -0.05) is 20.8 Å². The number of aliphatic hydroxyl groups excluding tert-OH is 1. The fourth-order valence-electron chi connectivity index (χ4n) is 2.69. The Kier molecular flexibility index (Phi) is 3.57. The predicted molar refractivity (Wildman–Crippen MR) is 51.9 cm³/mol. The number of hydrogen-bond donors (Lipinski definition) is 1. The summed E-state index contributed by atoms with van der Waals surface area (Å²) in [7, 11) is 0. The maximum atomic E-state index is 9.03. The molecule has 0 aromatic carbocycles. The molecule has 0 saturated heterocycles. The van der Waals surface area contributed by atoms with Crippen LogP contribution in [0.5, 0.6) is 0 Å². The highest BCUT2D eigenvalue weighted by Crippen LogP contribution is 2.37. The fraction of sp³-hybridized carbons (Fsp3) is 1.00. The van der Waals surface area contributed by atoms with Crippen molar-refractivity contribution in [2.24, 2.45) is 23.7 Å². The number of hydrogen-bond acceptors (Lipinski definition) is 1. The summed E-state index contributed by atoms with van der Waals surface area (Å²) in [5.74, 6) is 3.12. The van der Waals surface area contributed by atoms with Gasteiger partial charge in [-0.2, -0.15) is 0 Å². The second kappa shape index (κ2) is 4.27. The summed E-state index contributed by atoms with van der Waals surface area (Å²) in [6.45, 7) is 7.38. The van der Waals surface area contributed by atoms with Gasteiger partial charge in [0.2, 0.25) is 0 Å². The van der Waals surface area contributed by atoms with E-state index in [0.29, 0.717) is 12.5 Å². The van der Waals surface area contributed by atoms with Crippen molar-refractivity contribution in [2.45, 2.75) is 40.0 Å². The summed E-state index contributed by atoms with van der Waals surface area (Å²) in [4.78, 5) is 0. The Balaban J connectivity index is 2.42. The van der Waals surface area contributed by atoms with Gasteiger partial charge in [0.1, 0.15) is 0 Å². The van der Waals surface area contributed by atoms with E-state index in [1.54, 1.807) is 0 Å². The lowest BCUT2D eigenvalue weighted by atomic mass is 9.71. The molecule has 1 fully saturated rings. The molecule has 1 aliphatic carbocycles. The third-order valence-corrected chi connectivity index (χ3v) is 3.46. The van der Waals surface area contributed by atoms with Gasteiger partial charge in [0.15, 0.2) is 0 Å². The van der Waals surface area contributed by atoms with Crippen molar-refractivity contribution in [1.29, 1.82) is 0 Å². The van der Waals surface area contributed by atoms with Crippen molar-refractivity contribution in [1.82, 2.24) is 0 Å². The molecule has 1 rings (SSSR count). The first-order valence-corrected chi connectivity index (χ1v) is 5.26. The molecule has 0 aromatic heterocycles. The fourth-order valence-corrected chi connectivity index (χ4v) is 2.69. The minimum absolute atomic E-state index is 0.398. The topological polar surface area (TPSA) is 20.2 Å². The molecular weight excluding hydrogens is 148 g/mol. The average Bonchev–Trinajstić information content (AvgIpc) is 2.03. The molecule has 0 radical (unpaired) electrons. The molecule has 0 heterocycles. The third kappa shape index (κ3) is 2.22. The smallest absolute Gasteiger partial charge is 0.0459 e. The van der Waals surface area contributed by atoms with E-state index in [1.807, 2.05) is 0 Å². The largest absolute Gasteiger partial charge is 0.396 e. The first-order chi connectivity index (χ1) is 5.65. The molecule has 0 aliphatic heterocycles. The Morgan fingerprint density at radius 3 is 2.42 bits per heavy atom. The highest BCUT2D eigenvalue weighted by Gasteiger charge is 2.28. The Morgan fingerprint density at radius 2 is 2.00 bits per heavy atom. The second-order valence-electron chi connectivity index (χ2n) is 4.75. The highest BCUT2D eigenvalue weighted by molar-refractivity contribution is 4.79. The zero-order chi connectivity index (χ0) is 9.14. The van der Waals surface area contributed by atoms with Gasteiger partial charge in [0, 0.05) is 6.61 Å². The zero-order valence-corrected chi connectivity index (χ0v) is 8.59. The molecule has 0 spiro atoms. The Labute approximate surface area is 76.2 Å². The van der Waals surface area contributed by atoms with Crippen molar-refractivity contribution in [3.05, 3.63) is 0 Å². The molecule has 1 aliphatic rings. The quantitative estimate of drug-likeness (QED) is 0.675. The van der Waals surface area contributed by atoms with Gasteiger partial charge in [-0.05, 0) is 42.9 Å². The van der Waals surface area contributed by atoms with Crippen molar-refractivity contribution < 1.29 is 5.11 Å². The lowest BCUT2D eigenvalue weighted by Gasteiger charge is -2.35. The average molecular weight is 170 g/mol. The van der Waals surface area contributed by atoms with E-state index in [2.05, 4.69) is 20.8 Å². The Bertz CT molecular complexity index is 131. The first-order valence-electron chi connectivity index (χ1n) is 5.26. The van der Waals surface area contributed by atoms with E-state index in [4.69, 9.17) is 5.11 Å². The van der Waals surface area contributed by atoms with Gasteiger partial charge in [-0.25, -0.2) is 0 Å². The van der Waals surface area contributed by atoms with Crippen molar-refractivity contribution in [3.63, 3.8) is 0 Å². The molecule has 0 amide bonds. The highest BCUT2D eigenvalue weighted by atomic mass is 16.3. The van der Waals surface area contributed by atoms with Crippen molar-refractivity contribution in [3.8, 4) is 0 Å². The normalized spacial score (nSPS) is 37.2. The van der Waals surface area contributed by atoms with Crippen LogP contribution in [0.15, 0.2) is 0 Å². The van der Waals surface area contributed by atoms with Gasteiger partial charge >= 0.3 is 0 Å². The molecule has 72 valence electrons. The van der Waals surface area contributed by atoms with Crippen LogP contribution in [0, 0.1) is 23.7 Å². The first kappa shape index (κ1) is 10.0. The second-order valence-corrected chi connectivity index (χ2v) is 4.75. The molecule has 1 nitrogen and oxygen atoms in total. The SMILES string of the molecule is CC(C)C1CCC(CO)CC1C. The number of rotatable bonds is 2. The van der Waals surface area contributed by atoms with E-state index >= 15 is 0 Å². The van der Waals surface area contributed by atoms with Gasteiger partial charge in [-0.3, -0.25) is 0 Å². The van der Waals surface area contributed by atoms with Crippen molar-refractivity contribution >= 4 is 0 Å². The van der Waals surface area contributed by atoms with Crippen LogP contribution in [0.25, 0.3) is 0 Å². The standard InChI is InChI=1S/C11H22O/c1-8(2)11-5-4-10(7-12)6-9(11)3/h8-12H,4-7H2,1-3H3. The molecule has 3 atom stereocenters. The molecule has 3 unspecified atom stereocenters. The molecular formula is C11H22O. The lowest BCUT2D eigenvalue weighted by molar-refractivity contribution is 0.106. The Hall–Kier alpha value is -0.0400. The summed E-state index contributed by atoms with van der Waals surface area (Å²) in [6.07, 6.45) is 3.80. The summed E-state index contributed by atoms with van der Waals surface area (Å²) in [5, 5.41) is 9.03. The van der Waals surface area contributed by atoms with E-state index < -0.39 is 0 Å². The van der Waals surface area contributed by atoms with Crippen LogP contribution < -0.4 is 0 Å².